The molecule has 0 bridgehead atoms. The van der Waals surface area contributed by atoms with Crippen LogP contribution in [0, 0.1) is 0 Å². The number of hydrogen-bond donors (Lipinski definition) is 0. The molecule has 1 aromatic rings. The van der Waals surface area contributed by atoms with Crippen molar-refractivity contribution in [2.45, 2.75) is 33.1 Å². The average Bonchev–Trinajstić information content (AvgIpc) is 2.95. The first-order valence-corrected chi connectivity index (χ1v) is 9.21. The number of halogens is 3. The summed E-state index contributed by atoms with van der Waals surface area (Å²) < 4.78 is 0. The zero-order valence-electron chi connectivity index (χ0n) is 15.1. The molecule has 8 heteroatoms. The summed E-state index contributed by atoms with van der Waals surface area (Å²) >= 11 is 1.81. The molecule has 0 aliphatic carbocycles. The molecule has 0 aromatic carbocycles. The van der Waals surface area contributed by atoms with Crippen LogP contribution in [0.15, 0.2) is 5.38 Å². The molecular formula is C16H33Br3N4S. The Hall–Kier alpha value is 0.790. The molecule has 0 N–H and O–H groups in total. The van der Waals surface area contributed by atoms with Crippen molar-refractivity contribution in [3.8, 4) is 0 Å². The van der Waals surface area contributed by atoms with Crippen LogP contribution >= 0.6 is 62.3 Å². The Morgan fingerprint density at radius 3 is 2.29 bits per heavy atom. The molecule has 4 nitrogen and oxygen atoms in total. The third kappa shape index (κ3) is 8.94. The van der Waals surface area contributed by atoms with E-state index < -0.39 is 0 Å². The second-order valence-electron chi connectivity index (χ2n) is 6.00. The molecule has 144 valence electrons. The number of hydrogen-bond acceptors (Lipinski definition) is 5. The Bertz CT molecular complexity index is 412. The first-order chi connectivity index (χ1) is 10.2. The largest absolute Gasteiger partial charge is 0.346 e. The lowest BCUT2D eigenvalue weighted by Crippen LogP contribution is -2.46. The molecule has 1 aliphatic rings. The standard InChI is InChI=1S/C16H30N4S.3BrH/c1-4-7-18(3)9-6-15-14-21-16(17-15)20-12-10-19(8-5-2)11-13-20;;;/h14H,4-13H2,1-3H3;3*1H. The van der Waals surface area contributed by atoms with E-state index in [2.05, 4.69) is 41.0 Å². The summed E-state index contributed by atoms with van der Waals surface area (Å²) in [5.41, 5.74) is 1.26. The number of anilines is 1. The maximum Gasteiger partial charge on any atom is 0.185 e. The topological polar surface area (TPSA) is 22.6 Å². The van der Waals surface area contributed by atoms with E-state index >= 15 is 0 Å². The van der Waals surface area contributed by atoms with Gasteiger partial charge in [0.15, 0.2) is 5.13 Å². The summed E-state index contributed by atoms with van der Waals surface area (Å²) in [5, 5.41) is 3.47. The van der Waals surface area contributed by atoms with Crippen LogP contribution in [-0.2, 0) is 6.42 Å². The number of thiazole rings is 1. The highest BCUT2D eigenvalue weighted by Gasteiger charge is 2.18. The van der Waals surface area contributed by atoms with Crippen LogP contribution in [0.3, 0.4) is 0 Å². The number of likely N-dealkylation sites (N-methyl/N-ethyl adjacent to an activating group) is 1. The van der Waals surface area contributed by atoms with Crippen LogP contribution in [-0.4, -0.2) is 67.6 Å². The van der Waals surface area contributed by atoms with E-state index in [-0.39, 0.29) is 50.9 Å². The van der Waals surface area contributed by atoms with Crippen LogP contribution < -0.4 is 4.90 Å². The van der Waals surface area contributed by atoms with Crippen LogP contribution in [0.1, 0.15) is 32.4 Å². The van der Waals surface area contributed by atoms with Crippen LogP contribution in [0.2, 0.25) is 0 Å². The van der Waals surface area contributed by atoms with Crippen molar-refractivity contribution in [3.63, 3.8) is 0 Å². The average molecular weight is 553 g/mol. The predicted octanol–water partition coefficient (Wildman–Crippen LogP) is 4.29. The van der Waals surface area contributed by atoms with E-state index in [9.17, 15) is 0 Å². The molecule has 2 heterocycles. The Kier molecular flexibility index (Phi) is 16.8. The monoisotopic (exact) mass is 550 g/mol. The van der Waals surface area contributed by atoms with Gasteiger partial charge in [0.25, 0.3) is 0 Å². The normalized spacial score (nSPS) is 14.8. The molecule has 0 saturated carbocycles. The van der Waals surface area contributed by atoms with E-state index in [0.717, 1.165) is 26.1 Å². The smallest absolute Gasteiger partial charge is 0.185 e. The van der Waals surface area contributed by atoms with Gasteiger partial charge >= 0.3 is 0 Å². The maximum atomic E-state index is 4.84. The molecule has 0 radical (unpaired) electrons. The van der Waals surface area contributed by atoms with Gasteiger partial charge in [0.05, 0.1) is 5.69 Å². The van der Waals surface area contributed by atoms with Gasteiger partial charge in [-0.1, -0.05) is 13.8 Å². The summed E-state index contributed by atoms with van der Waals surface area (Å²) in [7, 11) is 2.20. The zero-order valence-corrected chi connectivity index (χ0v) is 21.0. The second-order valence-corrected chi connectivity index (χ2v) is 6.84. The van der Waals surface area contributed by atoms with Gasteiger partial charge in [0.1, 0.15) is 0 Å². The Labute approximate surface area is 183 Å². The highest BCUT2D eigenvalue weighted by molar-refractivity contribution is 8.93. The van der Waals surface area contributed by atoms with Crippen molar-refractivity contribution in [1.82, 2.24) is 14.8 Å². The SMILES string of the molecule is Br.Br.Br.CCCN(C)CCc1csc(N2CCN(CCC)CC2)n1. The van der Waals surface area contributed by atoms with Gasteiger partial charge in [-0.25, -0.2) is 4.98 Å². The Morgan fingerprint density at radius 1 is 1.04 bits per heavy atom. The third-order valence-corrected chi connectivity index (χ3v) is 5.03. The van der Waals surface area contributed by atoms with Gasteiger partial charge in [-0.15, -0.1) is 62.3 Å². The summed E-state index contributed by atoms with van der Waals surface area (Å²) in [6.07, 6.45) is 3.55. The Morgan fingerprint density at radius 2 is 1.71 bits per heavy atom. The minimum Gasteiger partial charge on any atom is -0.346 e. The van der Waals surface area contributed by atoms with Crippen LogP contribution in [0.4, 0.5) is 5.13 Å². The van der Waals surface area contributed by atoms with E-state index in [4.69, 9.17) is 4.98 Å². The summed E-state index contributed by atoms with van der Waals surface area (Å²) in [5.74, 6) is 0. The molecule has 2 rings (SSSR count). The first-order valence-electron chi connectivity index (χ1n) is 8.33. The van der Waals surface area contributed by atoms with Gasteiger partial charge < -0.3 is 9.80 Å². The molecule has 0 unspecified atom stereocenters. The van der Waals surface area contributed by atoms with Crippen molar-refractivity contribution in [2.75, 3.05) is 57.8 Å². The molecule has 1 fully saturated rings. The predicted molar refractivity (Wildman–Crippen MR) is 124 cm³/mol. The highest BCUT2D eigenvalue weighted by Crippen LogP contribution is 2.22. The summed E-state index contributed by atoms with van der Waals surface area (Å²) in [4.78, 5) is 12.2. The van der Waals surface area contributed by atoms with E-state index in [0.29, 0.717) is 0 Å². The van der Waals surface area contributed by atoms with Crippen molar-refractivity contribution < 1.29 is 0 Å². The minimum absolute atomic E-state index is 0. The van der Waals surface area contributed by atoms with Gasteiger partial charge in [-0.2, -0.15) is 0 Å². The molecule has 0 atom stereocenters. The highest BCUT2D eigenvalue weighted by atomic mass is 79.9. The van der Waals surface area contributed by atoms with Crippen molar-refractivity contribution in [2.24, 2.45) is 0 Å². The number of piperazine rings is 1. The molecular weight excluding hydrogens is 520 g/mol. The van der Waals surface area contributed by atoms with Gasteiger partial charge in [0, 0.05) is 44.5 Å². The quantitative estimate of drug-likeness (QED) is 0.480. The summed E-state index contributed by atoms with van der Waals surface area (Å²) in [6, 6.07) is 0. The van der Waals surface area contributed by atoms with Gasteiger partial charge in [-0.3, -0.25) is 4.90 Å². The minimum atomic E-state index is 0. The van der Waals surface area contributed by atoms with Crippen molar-refractivity contribution in [1.29, 1.82) is 0 Å². The van der Waals surface area contributed by atoms with E-state index in [1.54, 1.807) is 0 Å². The Balaban J connectivity index is 0. The maximum absolute atomic E-state index is 4.84. The van der Waals surface area contributed by atoms with Gasteiger partial charge in [0.2, 0.25) is 0 Å². The molecule has 1 aromatic heterocycles. The molecule has 0 amide bonds. The molecule has 1 aliphatic heterocycles. The lowest BCUT2D eigenvalue weighted by atomic mass is 10.3. The van der Waals surface area contributed by atoms with Gasteiger partial charge in [-0.05, 0) is 33.0 Å². The summed E-state index contributed by atoms with van der Waals surface area (Å²) in [6.45, 7) is 12.6. The van der Waals surface area contributed by atoms with Crippen molar-refractivity contribution >= 4 is 67.4 Å². The van der Waals surface area contributed by atoms with Crippen LogP contribution in [0.25, 0.3) is 0 Å². The third-order valence-electron chi connectivity index (χ3n) is 4.08. The fraction of sp³-hybridized carbons (Fsp3) is 0.812. The first kappa shape index (κ1) is 27.0. The molecule has 24 heavy (non-hydrogen) atoms. The molecule has 1 saturated heterocycles. The second kappa shape index (κ2) is 14.9. The number of aromatic nitrogens is 1. The van der Waals surface area contributed by atoms with E-state index in [1.807, 2.05) is 11.3 Å². The van der Waals surface area contributed by atoms with Crippen molar-refractivity contribution in [3.05, 3.63) is 11.1 Å². The van der Waals surface area contributed by atoms with E-state index in [1.165, 1.54) is 49.8 Å². The fourth-order valence-corrected chi connectivity index (χ4v) is 3.75. The number of rotatable bonds is 8. The lowest BCUT2D eigenvalue weighted by molar-refractivity contribution is 0.258. The zero-order chi connectivity index (χ0) is 15.1. The van der Waals surface area contributed by atoms with Crippen LogP contribution in [0.5, 0.6) is 0 Å². The lowest BCUT2D eigenvalue weighted by Gasteiger charge is -2.34. The molecule has 0 spiro atoms. The fourth-order valence-electron chi connectivity index (χ4n) is 2.83. The number of nitrogens with zero attached hydrogens (tertiary/aromatic N) is 4.